The molecule has 0 aliphatic rings. The fraction of sp³-hybridized carbons (Fsp3) is 0.417. The molecule has 0 fully saturated rings. The third-order valence-corrected chi connectivity index (χ3v) is 3.77. The molecule has 1 rings (SSSR count). The maximum absolute atomic E-state index is 11.8. The number of hydrogen-bond acceptors (Lipinski definition) is 1. The minimum Gasteiger partial charge on any atom is -0.352 e. The molecule has 0 spiro atoms. The van der Waals surface area contributed by atoms with Crippen molar-refractivity contribution in [1.29, 1.82) is 0 Å². The summed E-state index contributed by atoms with van der Waals surface area (Å²) in [6, 6.07) is 5.28. The standard InChI is InChI=1S/C12H14BrCl2NO/c1-8(14)4-3-7-16-12(17)9-5-2-6-10(13)11(9)15/h2,5-6,8H,3-4,7H2,1H3,(H,16,17). The number of rotatable bonds is 5. The number of hydrogen-bond donors (Lipinski definition) is 1. The fourth-order valence-electron chi connectivity index (χ4n) is 1.36. The van der Waals surface area contributed by atoms with Crippen LogP contribution in [0.3, 0.4) is 0 Å². The Morgan fingerprint density at radius 2 is 2.24 bits per heavy atom. The highest BCUT2D eigenvalue weighted by molar-refractivity contribution is 9.10. The lowest BCUT2D eigenvalue weighted by Crippen LogP contribution is -2.25. The van der Waals surface area contributed by atoms with Gasteiger partial charge < -0.3 is 5.32 Å². The maximum atomic E-state index is 11.8. The van der Waals surface area contributed by atoms with Gasteiger partial charge in [-0.25, -0.2) is 0 Å². The van der Waals surface area contributed by atoms with Gasteiger partial charge in [-0.2, -0.15) is 0 Å². The molecule has 94 valence electrons. The van der Waals surface area contributed by atoms with Crippen molar-refractivity contribution < 1.29 is 4.79 Å². The molecule has 1 N–H and O–H groups in total. The second-order valence-electron chi connectivity index (χ2n) is 3.78. The summed E-state index contributed by atoms with van der Waals surface area (Å²) in [4.78, 5) is 11.8. The Kier molecular flexibility index (Phi) is 6.31. The van der Waals surface area contributed by atoms with Crippen LogP contribution in [0.15, 0.2) is 22.7 Å². The van der Waals surface area contributed by atoms with Crippen LogP contribution >= 0.6 is 39.1 Å². The summed E-state index contributed by atoms with van der Waals surface area (Å²) in [6.45, 7) is 2.55. The van der Waals surface area contributed by atoms with Crippen molar-refractivity contribution in [2.75, 3.05) is 6.54 Å². The molecule has 2 nitrogen and oxygen atoms in total. The van der Waals surface area contributed by atoms with Gasteiger partial charge in [0.15, 0.2) is 0 Å². The third kappa shape index (κ3) is 4.86. The second-order valence-corrected chi connectivity index (χ2v) is 5.76. The van der Waals surface area contributed by atoms with Gasteiger partial charge >= 0.3 is 0 Å². The van der Waals surface area contributed by atoms with Gasteiger partial charge in [0, 0.05) is 16.4 Å². The number of nitrogens with one attached hydrogen (secondary N) is 1. The summed E-state index contributed by atoms with van der Waals surface area (Å²) in [6.07, 6.45) is 1.75. The van der Waals surface area contributed by atoms with Gasteiger partial charge in [0.25, 0.3) is 5.91 Å². The monoisotopic (exact) mass is 337 g/mol. The molecule has 1 atom stereocenters. The number of alkyl halides is 1. The molecule has 0 radical (unpaired) electrons. The smallest absolute Gasteiger partial charge is 0.252 e. The Hall–Kier alpha value is -0.250. The minimum atomic E-state index is -0.154. The highest BCUT2D eigenvalue weighted by Gasteiger charge is 2.11. The van der Waals surface area contributed by atoms with Gasteiger partial charge in [-0.1, -0.05) is 17.7 Å². The Morgan fingerprint density at radius 1 is 1.53 bits per heavy atom. The molecule has 17 heavy (non-hydrogen) atoms. The van der Waals surface area contributed by atoms with Crippen molar-refractivity contribution in [1.82, 2.24) is 5.32 Å². The predicted molar refractivity (Wildman–Crippen MR) is 76.0 cm³/mol. The molecule has 1 unspecified atom stereocenters. The van der Waals surface area contributed by atoms with E-state index in [1.54, 1.807) is 18.2 Å². The normalized spacial score (nSPS) is 12.2. The van der Waals surface area contributed by atoms with Crippen LogP contribution in [0.1, 0.15) is 30.1 Å². The molecule has 5 heteroatoms. The third-order valence-electron chi connectivity index (χ3n) is 2.26. The zero-order chi connectivity index (χ0) is 12.8. The Bertz CT molecular complexity index is 396. The number of amides is 1. The molecule has 0 heterocycles. The van der Waals surface area contributed by atoms with E-state index in [9.17, 15) is 4.79 Å². The highest BCUT2D eigenvalue weighted by Crippen LogP contribution is 2.25. The van der Waals surface area contributed by atoms with E-state index in [0.29, 0.717) is 17.1 Å². The van der Waals surface area contributed by atoms with Gasteiger partial charge in [-0.15, -0.1) is 11.6 Å². The molecule has 1 aromatic carbocycles. The molecule has 0 bridgehead atoms. The molecule has 0 saturated heterocycles. The van der Waals surface area contributed by atoms with Gasteiger partial charge in [0.1, 0.15) is 0 Å². The largest absolute Gasteiger partial charge is 0.352 e. The van der Waals surface area contributed by atoms with Crippen LogP contribution in [0.4, 0.5) is 0 Å². The van der Waals surface area contributed by atoms with Crippen molar-refractivity contribution in [2.45, 2.75) is 25.1 Å². The van der Waals surface area contributed by atoms with Crippen molar-refractivity contribution in [2.24, 2.45) is 0 Å². The first-order valence-corrected chi connectivity index (χ1v) is 6.99. The first-order valence-electron chi connectivity index (χ1n) is 5.38. The summed E-state index contributed by atoms with van der Waals surface area (Å²) in [5.41, 5.74) is 0.486. The van der Waals surface area contributed by atoms with E-state index in [1.165, 1.54) is 0 Å². The van der Waals surface area contributed by atoms with E-state index in [0.717, 1.165) is 17.3 Å². The first kappa shape index (κ1) is 14.8. The van der Waals surface area contributed by atoms with E-state index in [1.807, 2.05) is 6.92 Å². The lowest BCUT2D eigenvalue weighted by Gasteiger charge is -2.08. The number of benzene rings is 1. The summed E-state index contributed by atoms with van der Waals surface area (Å²) in [5.74, 6) is -0.154. The van der Waals surface area contributed by atoms with Gasteiger partial charge in [0.2, 0.25) is 0 Å². The Labute approximate surface area is 120 Å². The Morgan fingerprint density at radius 3 is 2.88 bits per heavy atom. The van der Waals surface area contributed by atoms with Crippen LogP contribution in [-0.4, -0.2) is 17.8 Å². The van der Waals surface area contributed by atoms with Crippen LogP contribution < -0.4 is 5.32 Å². The van der Waals surface area contributed by atoms with Crippen LogP contribution in [0.25, 0.3) is 0 Å². The first-order chi connectivity index (χ1) is 8.02. The average Bonchev–Trinajstić information content (AvgIpc) is 2.27. The van der Waals surface area contributed by atoms with Crippen molar-refractivity contribution in [3.8, 4) is 0 Å². The molecule has 1 aromatic rings. The lowest BCUT2D eigenvalue weighted by atomic mass is 10.2. The summed E-state index contributed by atoms with van der Waals surface area (Å²) >= 11 is 15.1. The number of carbonyl (C=O) groups excluding carboxylic acids is 1. The van der Waals surface area contributed by atoms with Gasteiger partial charge in [-0.05, 0) is 47.8 Å². The van der Waals surface area contributed by atoms with Crippen LogP contribution in [0, 0.1) is 0 Å². The maximum Gasteiger partial charge on any atom is 0.252 e. The van der Waals surface area contributed by atoms with E-state index in [-0.39, 0.29) is 11.3 Å². The highest BCUT2D eigenvalue weighted by atomic mass is 79.9. The number of halogens is 3. The fourth-order valence-corrected chi connectivity index (χ4v) is 2.09. The number of carbonyl (C=O) groups is 1. The summed E-state index contributed by atoms with van der Waals surface area (Å²) in [5, 5.41) is 3.40. The Balaban J connectivity index is 2.50. The van der Waals surface area contributed by atoms with Crippen LogP contribution in [0.5, 0.6) is 0 Å². The summed E-state index contributed by atoms with van der Waals surface area (Å²) in [7, 11) is 0. The predicted octanol–water partition coefficient (Wildman–Crippen LogP) is 4.24. The van der Waals surface area contributed by atoms with Crippen molar-refractivity contribution in [3.05, 3.63) is 33.3 Å². The van der Waals surface area contributed by atoms with Crippen LogP contribution in [0.2, 0.25) is 5.02 Å². The van der Waals surface area contributed by atoms with E-state index >= 15 is 0 Å². The zero-order valence-electron chi connectivity index (χ0n) is 9.47. The lowest BCUT2D eigenvalue weighted by molar-refractivity contribution is 0.0953. The van der Waals surface area contributed by atoms with E-state index < -0.39 is 0 Å². The molecule has 0 aromatic heterocycles. The van der Waals surface area contributed by atoms with Crippen molar-refractivity contribution in [3.63, 3.8) is 0 Å². The summed E-state index contributed by atoms with van der Waals surface area (Å²) < 4.78 is 0.723. The zero-order valence-corrected chi connectivity index (χ0v) is 12.6. The molecule has 0 aliphatic carbocycles. The SMILES string of the molecule is CC(Cl)CCCNC(=O)c1cccc(Br)c1Cl. The molecule has 1 amide bonds. The molecule has 0 saturated carbocycles. The van der Waals surface area contributed by atoms with Crippen molar-refractivity contribution >= 4 is 45.0 Å². The average molecular weight is 339 g/mol. The molecular weight excluding hydrogens is 325 g/mol. The van der Waals surface area contributed by atoms with Crippen LogP contribution in [-0.2, 0) is 0 Å². The second kappa shape index (κ2) is 7.24. The van der Waals surface area contributed by atoms with Gasteiger partial charge in [-0.3, -0.25) is 4.79 Å². The van der Waals surface area contributed by atoms with Gasteiger partial charge in [0.05, 0.1) is 10.6 Å². The quantitative estimate of drug-likeness (QED) is 0.631. The molecule has 0 aliphatic heterocycles. The molecular formula is C12H14BrCl2NO. The van der Waals surface area contributed by atoms with E-state index in [4.69, 9.17) is 23.2 Å². The topological polar surface area (TPSA) is 29.1 Å². The van der Waals surface area contributed by atoms with E-state index in [2.05, 4.69) is 21.2 Å². The minimum absolute atomic E-state index is 0.140.